The van der Waals surface area contributed by atoms with E-state index in [1.54, 1.807) is 37.2 Å². The molecule has 1 fully saturated rings. The van der Waals surface area contributed by atoms with E-state index < -0.39 is 11.4 Å². The van der Waals surface area contributed by atoms with Gasteiger partial charge in [-0.3, -0.25) is 14.5 Å². The van der Waals surface area contributed by atoms with Crippen LogP contribution >= 0.6 is 0 Å². The molecular weight excluding hydrogens is 599 g/mol. The zero-order valence-corrected chi connectivity index (χ0v) is 27.8. The molecule has 0 aliphatic carbocycles. The van der Waals surface area contributed by atoms with E-state index in [0.29, 0.717) is 39.8 Å². The molecule has 0 amide bonds. The van der Waals surface area contributed by atoms with Crippen LogP contribution in [0, 0.1) is 5.82 Å². The van der Waals surface area contributed by atoms with Gasteiger partial charge in [-0.1, -0.05) is 26.8 Å². The third kappa shape index (κ3) is 5.94. The molecule has 11 nitrogen and oxygen atoms in total. The van der Waals surface area contributed by atoms with Crippen LogP contribution in [-0.2, 0) is 23.8 Å². The Morgan fingerprint density at radius 1 is 1.04 bits per heavy atom. The lowest BCUT2D eigenvalue weighted by Crippen LogP contribution is -2.28. The molecule has 0 unspecified atom stereocenters. The van der Waals surface area contributed by atoms with Gasteiger partial charge in [0.2, 0.25) is 0 Å². The Hall–Kier alpha value is -4.81. The molecule has 1 aliphatic rings. The predicted molar refractivity (Wildman–Crippen MR) is 180 cm³/mol. The van der Waals surface area contributed by atoms with Crippen LogP contribution in [-0.4, -0.2) is 62.2 Å². The third-order valence-corrected chi connectivity index (χ3v) is 8.93. The van der Waals surface area contributed by atoms with Crippen molar-refractivity contribution in [3.63, 3.8) is 0 Å². The van der Waals surface area contributed by atoms with Crippen molar-refractivity contribution in [2.24, 2.45) is 7.05 Å². The summed E-state index contributed by atoms with van der Waals surface area (Å²) in [6, 6.07) is 10.9. The maximum Gasteiger partial charge on any atom is 0.290 e. The number of anilines is 2. The maximum absolute atomic E-state index is 15.4. The minimum atomic E-state index is -0.644. The lowest BCUT2D eigenvalue weighted by atomic mass is 9.86. The first-order valence-corrected chi connectivity index (χ1v) is 15.6. The van der Waals surface area contributed by atoms with Crippen molar-refractivity contribution < 1.29 is 9.13 Å². The number of hydrogen-bond donors (Lipinski definition) is 0. The fraction of sp³-hybridized carbons (Fsp3) is 0.371. The van der Waals surface area contributed by atoms with E-state index in [4.69, 9.17) is 9.72 Å². The summed E-state index contributed by atoms with van der Waals surface area (Å²) >= 11 is 0. The Morgan fingerprint density at radius 3 is 2.49 bits per heavy atom. The highest BCUT2D eigenvalue weighted by atomic mass is 19.1. The van der Waals surface area contributed by atoms with Crippen LogP contribution < -0.4 is 16.0 Å². The number of aromatic nitrogens is 6. The van der Waals surface area contributed by atoms with Crippen molar-refractivity contribution in [3.05, 3.63) is 98.2 Å². The fourth-order valence-corrected chi connectivity index (χ4v) is 6.22. The van der Waals surface area contributed by atoms with Crippen LogP contribution in [0.4, 0.5) is 15.9 Å². The Labute approximate surface area is 272 Å². The molecule has 1 atom stereocenters. The first-order valence-electron chi connectivity index (χ1n) is 15.6. The quantitative estimate of drug-likeness (QED) is 0.242. The molecule has 5 heterocycles. The van der Waals surface area contributed by atoms with Crippen molar-refractivity contribution in [3.8, 4) is 17.1 Å². The summed E-state index contributed by atoms with van der Waals surface area (Å²) in [7, 11) is 7.01. The summed E-state index contributed by atoms with van der Waals surface area (Å²) in [6.45, 7) is 7.05. The Bertz CT molecular complexity index is 2090. The second-order valence-electron chi connectivity index (χ2n) is 13.1. The van der Waals surface area contributed by atoms with Gasteiger partial charge in [-0.25, -0.2) is 19.0 Å². The Kier molecular flexibility index (Phi) is 8.49. The first kappa shape index (κ1) is 32.1. The number of nitrogens with zero attached hydrogens (tertiary/aromatic N) is 8. The van der Waals surface area contributed by atoms with E-state index in [9.17, 15) is 9.59 Å². The highest BCUT2D eigenvalue weighted by Gasteiger charge is 2.25. The van der Waals surface area contributed by atoms with E-state index in [0.717, 1.165) is 35.2 Å². The minimum Gasteiger partial charge on any atom is -0.380 e. The van der Waals surface area contributed by atoms with Crippen LogP contribution in [0.15, 0.2) is 64.6 Å². The molecule has 0 bridgehead atoms. The van der Waals surface area contributed by atoms with Crippen molar-refractivity contribution in [1.29, 1.82) is 0 Å². The standard InChI is InChI=1S/C35H39FN8O3/c1-35(2,3)23-15-22-19-39-44(34(46)31(22)26(36)16-23)32-25(20-47-7)24(12-13-37-32)27-17-29(33(45)43(6)40-27)42(5)30-11-10-21(18-38-30)28-9-8-14-41(28)4/h10-13,15-19,28H,8-9,14,20H2,1-7H3/t28-/m0/s1. The largest absolute Gasteiger partial charge is 0.380 e. The van der Waals surface area contributed by atoms with E-state index >= 15 is 4.39 Å². The number of pyridine rings is 2. The number of aryl methyl sites for hydroxylation is 1. The van der Waals surface area contributed by atoms with Crippen molar-refractivity contribution >= 4 is 22.3 Å². The molecular formula is C35H39FN8O3. The van der Waals surface area contributed by atoms with Crippen LogP contribution in [0.1, 0.15) is 56.3 Å². The molecule has 6 rings (SSSR count). The smallest absolute Gasteiger partial charge is 0.290 e. The zero-order valence-electron chi connectivity index (χ0n) is 27.8. The number of halogens is 1. The minimum absolute atomic E-state index is 0.0461. The van der Waals surface area contributed by atoms with Gasteiger partial charge >= 0.3 is 0 Å². The topological polar surface area (TPSA) is 111 Å². The molecule has 47 heavy (non-hydrogen) atoms. The Balaban J connectivity index is 1.43. The molecule has 0 spiro atoms. The molecule has 12 heteroatoms. The predicted octanol–water partition coefficient (Wildman–Crippen LogP) is 5.05. The van der Waals surface area contributed by atoms with Crippen LogP contribution in [0.2, 0.25) is 0 Å². The van der Waals surface area contributed by atoms with Gasteiger partial charge in [0, 0.05) is 56.2 Å². The van der Waals surface area contributed by atoms with Gasteiger partial charge in [-0.15, -0.1) is 0 Å². The second-order valence-corrected chi connectivity index (χ2v) is 13.1. The lowest BCUT2D eigenvalue weighted by Gasteiger charge is -2.22. The molecule has 4 aromatic heterocycles. The van der Waals surface area contributed by atoms with Gasteiger partial charge in [0.05, 0.1) is 23.9 Å². The highest BCUT2D eigenvalue weighted by Crippen LogP contribution is 2.32. The number of rotatable bonds is 7. The fourth-order valence-electron chi connectivity index (χ4n) is 6.22. The van der Waals surface area contributed by atoms with E-state index in [1.807, 2.05) is 33.0 Å². The van der Waals surface area contributed by atoms with Crippen molar-refractivity contribution in [2.75, 3.05) is 32.6 Å². The molecule has 244 valence electrons. The van der Waals surface area contributed by atoms with Gasteiger partial charge in [-0.2, -0.15) is 14.9 Å². The number of hydrogen-bond acceptors (Lipinski definition) is 9. The molecule has 1 aromatic carbocycles. The average molecular weight is 639 g/mol. The summed E-state index contributed by atoms with van der Waals surface area (Å²) in [5.74, 6) is 0.164. The first-order chi connectivity index (χ1) is 22.4. The van der Waals surface area contributed by atoms with E-state index in [-0.39, 0.29) is 28.8 Å². The van der Waals surface area contributed by atoms with Crippen molar-refractivity contribution in [2.45, 2.75) is 51.7 Å². The number of ether oxygens (including phenoxy) is 1. The summed E-state index contributed by atoms with van der Waals surface area (Å²) in [4.78, 5) is 40.3. The normalized spacial score (nSPS) is 15.4. The average Bonchev–Trinajstić information content (AvgIpc) is 3.47. The zero-order chi connectivity index (χ0) is 33.6. The maximum atomic E-state index is 15.4. The molecule has 1 saturated heterocycles. The summed E-state index contributed by atoms with van der Waals surface area (Å²) in [5.41, 5.74) is 2.52. The van der Waals surface area contributed by atoms with Crippen LogP contribution in [0.3, 0.4) is 0 Å². The Morgan fingerprint density at radius 2 is 1.83 bits per heavy atom. The molecule has 0 radical (unpaired) electrons. The number of methoxy groups -OCH3 is 1. The number of benzene rings is 1. The molecule has 0 N–H and O–H groups in total. The van der Waals surface area contributed by atoms with Crippen LogP contribution in [0.25, 0.3) is 27.8 Å². The summed E-state index contributed by atoms with van der Waals surface area (Å²) in [5, 5.41) is 9.28. The summed E-state index contributed by atoms with van der Waals surface area (Å²) < 4.78 is 23.3. The monoisotopic (exact) mass is 638 g/mol. The van der Waals surface area contributed by atoms with E-state index in [2.05, 4.69) is 33.2 Å². The van der Waals surface area contributed by atoms with Crippen molar-refractivity contribution in [1.82, 2.24) is 34.4 Å². The van der Waals surface area contributed by atoms with Gasteiger partial charge in [0.1, 0.15) is 17.3 Å². The molecule has 1 aliphatic heterocycles. The van der Waals surface area contributed by atoms with E-state index in [1.165, 1.54) is 30.3 Å². The number of fused-ring (bicyclic) bond motifs is 1. The third-order valence-electron chi connectivity index (χ3n) is 8.93. The molecule has 0 saturated carbocycles. The van der Waals surface area contributed by atoms with Crippen LogP contribution in [0.5, 0.6) is 0 Å². The molecule has 5 aromatic rings. The SMILES string of the molecule is COCc1c(-c2cc(N(C)c3ccc([C@@H]4CCCN4C)cn3)c(=O)n(C)n2)ccnc1-n1ncc2cc(C(C)(C)C)cc(F)c2c1=O. The summed E-state index contributed by atoms with van der Waals surface area (Å²) in [6.07, 6.45) is 7.12. The number of likely N-dealkylation sites (tertiary alicyclic amines) is 1. The highest BCUT2D eigenvalue weighted by molar-refractivity contribution is 5.83. The van der Waals surface area contributed by atoms with Gasteiger partial charge < -0.3 is 9.64 Å². The van der Waals surface area contributed by atoms with Gasteiger partial charge in [0.15, 0.2) is 5.82 Å². The van der Waals surface area contributed by atoms with Gasteiger partial charge in [0.25, 0.3) is 11.1 Å². The second kappa shape index (κ2) is 12.4. The lowest BCUT2D eigenvalue weighted by molar-refractivity contribution is 0.184. The van der Waals surface area contributed by atoms with Gasteiger partial charge in [-0.05, 0) is 73.3 Å².